The first-order valence-corrected chi connectivity index (χ1v) is 3.69. The zero-order valence-corrected chi connectivity index (χ0v) is 6.71. The molecule has 0 spiro atoms. The van der Waals surface area contributed by atoms with E-state index in [-0.39, 0.29) is 0 Å². The van der Waals surface area contributed by atoms with E-state index in [2.05, 4.69) is 18.4 Å². The summed E-state index contributed by atoms with van der Waals surface area (Å²) in [7, 11) is 1.77. The van der Waals surface area contributed by atoms with Crippen LogP contribution >= 0.6 is 0 Å². The standard InChI is InChI=1S/C8H15NO/c1-4-9-6-8(10-3)5-7(9)2/h4,7-8H,1,5-6H2,2-3H3/t7-,8?/m1/s1. The quantitative estimate of drug-likeness (QED) is 0.573. The van der Waals surface area contributed by atoms with Crippen molar-refractivity contribution in [2.45, 2.75) is 25.5 Å². The van der Waals surface area contributed by atoms with Gasteiger partial charge in [0.2, 0.25) is 0 Å². The topological polar surface area (TPSA) is 12.5 Å². The second kappa shape index (κ2) is 3.06. The SMILES string of the molecule is C=CN1CC(OC)C[C@H]1C. The van der Waals surface area contributed by atoms with Crippen molar-refractivity contribution in [1.29, 1.82) is 0 Å². The highest BCUT2D eigenvalue weighted by Gasteiger charge is 2.25. The number of methoxy groups -OCH3 is 1. The fourth-order valence-electron chi connectivity index (χ4n) is 1.43. The Kier molecular flexibility index (Phi) is 2.33. The van der Waals surface area contributed by atoms with Crippen LogP contribution in [0.3, 0.4) is 0 Å². The Morgan fingerprint density at radius 3 is 2.70 bits per heavy atom. The van der Waals surface area contributed by atoms with Crippen molar-refractivity contribution in [2.75, 3.05) is 13.7 Å². The van der Waals surface area contributed by atoms with Gasteiger partial charge in [-0.15, -0.1) is 0 Å². The Bertz CT molecular complexity index is 124. The van der Waals surface area contributed by atoms with Crippen LogP contribution in [0.2, 0.25) is 0 Å². The summed E-state index contributed by atoms with van der Waals surface area (Å²) in [6, 6.07) is 0.599. The molecule has 0 N–H and O–H groups in total. The van der Waals surface area contributed by atoms with Crippen LogP contribution in [0.1, 0.15) is 13.3 Å². The Balaban J connectivity index is 2.43. The second-order valence-corrected chi connectivity index (χ2v) is 2.82. The van der Waals surface area contributed by atoms with Gasteiger partial charge in [0.1, 0.15) is 0 Å². The lowest BCUT2D eigenvalue weighted by Crippen LogP contribution is -2.21. The van der Waals surface area contributed by atoms with Crippen LogP contribution in [0.5, 0.6) is 0 Å². The third-order valence-corrected chi connectivity index (χ3v) is 2.15. The predicted octanol–water partition coefficient (Wildman–Crippen LogP) is 1.24. The molecule has 1 saturated heterocycles. The van der Waals surface area contributed by atoms with Gasteiger partial charge >= 0.3 is 0 Å². The van der Waals surface area contributed by atoms with Gasteiger partial charge in [0.25, 0.3) is 0 Å². The summed E-state index contributed by atoms with van der Waals surface area (Å²) in [5.41, 5.74) is 0. The zero-order valence-electron chi connectivity index (χ0n) is 6.71. The van der Waals surface area contributed by atoms with E-state index in [4.69, 9.17) is 4.74 Å². The van der Waals surface area contributed by atoms with Gasteiger partial charge in [0.15, 0.2) is 0 Å². The van der Waals surface area contributed by atoms with E-state index < -0.39 is 0 Å². The monoisotopic (exact) mass is 141 g/mol. The van der Waals surface area contributed by atoms with Crippen LogP contribution in [0.15, 0.2) is 12.8 Å². The molecule has 10 heavy (non-hydrogen) atoms. The van der Waals surface area contributed by atoms with E-state index >= 15 is 0 Å². The van der Waals surface area contributed by atoms with Gasteiger partial charge in [-0.05, 0) is 19.5 Å². The second-order valence-electron chi connectivity index (χ2n) is 2.82. The van der Waals surface area contributed by atoms with Crippen molar-refractivity contribution >= 4 is 0 Å². The van der Waals surface area contributed by atoms with E-state index in [0.717, 1.165) is 13.0 Å². The highest BCUT2D eigenvalue weighted by Crippen LogP contribution is 2.18. The molecule has 58 valence electrons. The number of hydrogen-bond acceptors (Lipinski definition) is 2. The van der Waals surface area contributed by atoms with Crippen LogP contribution in [0, 0.1) is 0 Å². The molecular formula is C8H15NO. The first-order chi connectivity index (χ1) is 4.77. The van der Waals surface area contributed by atoms with Crippen molar-refractivity contribution < 1.29 is 4.74 Å². The molecule has 1 aliphatic rings. The normalized spacial score (nSPS) is 32.8. The van der Waals surface area contributed by atoms with Crippen LogP contribution in [-0.4, -0.2) is 30.7 Å². The van der Waals surface area contributed by atoms with Crippen molar-refractivity contribution in [1.82, 2.24) is 4.90 Å². The summed E-state index contributed by atoms with van der Waals surface area (Å²) in [6.45, 7) is 6.93. The first kappa shape index (κ1) is 7.61. The Hall–Kier alpha value is -0.500. The molecule has 2 heteroatoms. The van der Waals surface area contributed by atoms with Crippen LogP contribution in [0.25, 0.3) is 0 Å². The average Bonchev–Trinajstić information content (AvgIpc) is 2.30. The summed E-state index contributed by atoms with van der Waals surface area (Å²) in [6.07, 6.45) is 3.43. The molecule has 1 heterocycles. The van der Waals surface area contributed by atoms with Gasteiger partial charge in [-0.1, -0.05) is 6.58 Å². The molecule has 1 aliphatic heterocycles. The predicted molar refractivity (Wildman–Crippen MR) is 41.8 cm³/mol. The smallest absolute Gasteiger partial charge is 0.0765 e. The number of hydrogen-bond donors (Lipinski definition) is 0. The van der Waals surface area contributed by atoms with Gasteiger partial charge in [-0.2, -0.15) is 0 Å². The molecule has 2 atom stereocenters. The third kappa shape index (κ3) is 1.32. The number of ether oxygens (including phenoxy) is 1. The molecule has 0 amide bonds. The largest absolute Gasteiger partial charge is 0.380 e. The number of rotatable bonds is 2. The van der Waals surface area contributed by atoms with Crippen molar-refractivity contribution in [3.8, 4) is 0 Å². The minimum atomic E-state index is 0.410. The molecule has 2 nitrogen and oxygen atoms in total. The maximum Gasteiger partial charge on any atom is 0.0765 e. The van der Waals surface area contributed by atoms with Gasteiger partial charge in [0.05, 0.1) is 6.10 Å². The Morgan fingerprint density at radius 1 is 1.70 bits per heavy atom. The van der Waals surface area contributed by atoms with E-state index in [1.54, 1.807) is 7.11 Å². The average molecular weight is 141 g/mol. The van der Waals surface area contributed by atoms with Crippen molar-refractivity contribution in [2.24, 2.45) is 0 Å². The fraction of sp³-hybridized carbons (Fsp3) is 0.750. The van der Waals surface area contributed by atoms with Crippen molar-refractivity contribution in [3.05, 3.63) is 12.8 Å². The molecule has 0 bridgehead atoms. The maximum atomic E-state index is 5.22. The van der Waals surface area contributed by atoms with Crippen LogP contribution in [0.4, 0.5) is 0 Å². The van der Waals surface area contributed by atoms with Crippen LogP contribution < -0.4 is 0 Å². The number of likely N-dealkylation sites (tertiary alicyclic amines) is 1. The molecule has 0 aliphatic carbocycles. The highest BCUT2D eigenvalue weighted by atomic mass is 16.5. The minimum absolute atomic E-state index is 0.410. The molecular weight excluding hydrogens is 126 g/mol. The summed E-state index contributed by atoms with van der Waals surface area (Å²) in [4.78, 5) is 2.22. The zero-order chi connectivity index (χ0) is 7.56. The molecule has 1 fully saturated rings. The summed E-state index contributed by atoms with van der Waals surface area (Å²) < 4.78 is 5.22. The minimum Gasteiger partial charge on any atom is -0.380 e. The third-order valence-electron chi connectivity index (χ3n) is 2.15. The number of nitrogens with zero attached hydrogens (tertiary/aromatic N) is 1. The van der Waals surface area contributed by atoms with Crippen LogP contribution in [-0.2, 0) is 4.74 Å². The molecule has 0 aromatic rings. The maximum absolute atomic E-state index is 5.22. The van der Waals surface area contributed by atoms with E-state index in [1.807, 2.05) is 6.20 Å². The lowest BCUT2D eigenvalue weighted by molar-refractivity contribution is 0.112. The van der Waals surface area contributed by atoms with Gasteiger partial charge < -0.3 is 9.64 Å². The van der Waals surface area contributed by atoms with E-state index in [9.17, 15) is 0 Å². The first-order valence-electron chi connectivity index (χ1n) is 3.69. The molecule has 0 aromatic carbocycles. The van der Waals surface area contributed by atoms with Gasteiger partial charge in [-0.25, -0.2) is 0 Å². The Morgan fingerprint density at radius 2 is 2.40 bits per heavy atom. The van der Waals surface area contributed by atoms with Gasteiger partial charge in [-0.3, -0.25) is 0 Å². The summed E-state index contributed by atoms with van der Waals surface area (Å²) in [5.74, 6) is 0. The fourth-order valence-corrected chi connectivity index (χ4v) is 1.43. The summed E-state index contributed by atoms with van der Waals surface area (Å²) in [5, 5.41) is 0. The van der Waals surface area contributed by atoms with E-state index in [0.29, 0.717) is 12.1 Å². The van der Waals surface area contributed by atoms with Gasteiger partial charge in [0, 0.05) is 19.7 Å². The highest BCUT2D eigenvalue weighted by molar-refractivity contribution is 4.88. The molecule has 0 aromatic heterocycles. The lowest BCUT2D eigenvalue weighted by Gasteiger charge is -2.16. The molecule has 1 rings (SSSR count). The summed E-state index contributed by atoms with van der Waals surface area (Å²) >= 11 is 0. The molecule has 0 saturated carbocycles. The molecule has 0 radical (unpaired) electrons. The lowest BCUT2D eigenvalue weighted by atomic mass is 10.2. The van der Waals surface area contributed by atoms with Crippen molar-refractivity contribution in [3.63, 3.8) is 0 Å². The molecule has 1 unspecified atom stereocenters. The van der Waals surface area contributed by atoms with E-state index in [1.165, 1.54) is 0 Å². The Labute approximate surface area is 62.5 Å².